The summed E-state index contributed by atoms with van der Waals surface area (Å²) < 4.78 is 0. The lowest BCUT2D eigenvalue weighted by atomic mass is 9.76. The van der Waals surface area contributed by atoms with Gasteiger partial charge in [0.2, 0.25) is 0 Å². The summed E-state index contributed by atoms with van der Waals surface area (Å²) in [4.78, 5) is 2.79. The van der Waals surface area contributed by atoms with Crippen LogP contribution in [0.15, 0.2) is 0 Å². The second kappa shape index (κ2) is 6.79. The lowest BCUT2D eigenvalue weighted by Gasteiger charge is -2.43. The molecule has 118 valence electrons. The summed E-state index contributed by atoms with van der Waals surface area (Å²) in [6.45, 7) is 10.8. The highest BCUT2D eigenvalue weighted by molar-refractivity contribution is 4.90. The first-order valence-corrected chi connectivity index (χ1v) is 8.91. The number of hydrogen-bond donors (Lipinski definition) is 1. The number of nitrogens with zero attached hydrogens (tertiary/aromatic N) is 1. The van der Waals surface area contributed by atoms with Crippen molar-refractivity contribution in [3.8, 4) is 0 Å². The summed E-state index contributed by atoms with van der Waals surface area (Å²) in [6, 6.07) is 1.77. The van der Waals surface area contributed by atoms with Crippen LogP contribution in [0, 0.1) is 11.3 Å². The zero-order valence-electron chi connectivity index (χ0n) is 14.2. The molecule has 1 aliphatic carbocycles. The molecule has 1 aliphatic heterocycles. The van der Waals surface area contributed by atoms with E-state index in [0.717, 1.165) is 12.0 Å². The molecule has 0 aromatic rings. The number of piperidine rings is 1. The number of rotatable bonds is 2. The SMILES string of the molecule is CC(N)C1CCCCN1C1CCCC(C(C)(C)C)CC1. The van der Waals surface area contributed by atoms with E-state index in [1.807, 2.05) is 0 Å². The van der Waals surface area contributed by atoms with Crippen molar-refractivity contribution in [2.45, 2.75) is 97.2 Å². The minimum Gasteiger partial charge on any atom is -0.327 e. The second-order valence-electron chi connectivity index (χ2n) is 8.39. The highest BCUT2D eigenvalue weighted by Gasteiger charge is 2.34. The van der Waals surface area contributed by atoms with Gasteiger partial charge in [0.05, 0.1) is 0 Å². The van der Waals surface area contributed by atoms with Gasteiger partial charge in [-0.2, -0.15) is 0 Å². The fraction of sp³-hybridized carbons (Fsp3) is 1.00. The largest absolute Gasteiger partial charge is 0.327 e. The summed E-state index contributed by atoms with van der Waals surface area (Å²) in [5.74, 6) is 0.908. The Labute approximate surface area is 126 Å². The predicted octanol–water partition coefficient (Wildman–Crippen LogP) is 4.18. The fourth-order valence-corrected chi connectivity index (χ4v) is 4.48. The maximum Gasteiger partial charge on any atom is 0.0247 e. The minimum absolute atomic E-state index is 0.331. The van der Waals surface area contributed by atoms with Crippen LogP contribution in [0.3, 0.4) is 0 Å². The number of hydrogen-bond acceptors (Lipinski definition) is 2. The molecule has 20 heavy (non-hydrogen) atoms. The molecular weight excluding hydrogens is 244 g/mol. The van der Waals surface area contributed by atoms with E-state index in [0.29, 0.717) is 17.5 Å². The van der Waals surface area contributed by atoms with E-state index in [4.69, 9.17) is 5.73 Å². The van der Waals surface area contributed by atoms with Gasteiger partial charge < -0.3 is 5.73 Å². The summed E-state index contributed by atoms with van der Waals surface area (Å²) >= 11 is 0. The smallest absolute Gasteiger partial charge is 0.0247 e. The molecule has 2 aliphatic rings. The summed E-state index contributed by atoms with van der Waals surface area (Å²) in [5, 5.41) is 0. The maximum absolute atomic E-state index is 6.26. The highest BCUT2D eigenvalue weighted by atomic mass is 15.2. The van der Waals surface area contributed by atoms with E-state index in [2.05, 4.69) is 32.6 Å². The van der Waals surface area contributed by atoms with Crippen LogP contribution in [0.1, 0.15) is 79.1 Å². The van der Waals surface area contributed by atoms with Gasteiger partial charge in [-0.1, -0.05) is 33.6 Å². The fourth-order valence-electron chi connectivity index (χ4n) is 4.48. The normalized spacial score (nSPS) is 35.5. The molecule has 1 heterocycles. The first kappa shape index (κ1) is 16.3. The van der Waals surface area contributed by atoms with Crippen LogP contribution >= 0.6 is 0 Å². The van der Waals surface area contributed by atoms with Gasteiger partial charge in [-0.25, -0.2) is 0 Å². The van der Waals surface area contributed by atoms with Gasteiger partial charge in [-0.3, -0.25) is 4.90 Å². The Morgan fingerprint density at radius 3 is 2.35 bits per heavy atom. The Bertz CT molecular complexity index is 292. The quantitative estimate of drug-likeness (QED) is 0.769. The molecule has 1 saturated heterocycles. The average Bonchev–Trinajstić information content (AvgIpc) is 2.63. The van der Waals surface area contributed by atoms with Crippen molar-refractivity contribution >= 4 is 0 Å². The van der Waals surface area contributed by atoms with Crippen molar-refractivity contribution in [1.29, 1.82) is 0 Å². The van der Waals surface area contributed by atoms with Gasteiger partial charge in [-0.15, -0.1) is 0 Å². The zero-order chi connectivity index (χ0) is 14.8. The third-order valence-electron chi connectivity index (χ3n) is 5.83. The topological polar surface area (TPSA) is 29.3 Å². The molecule has 0 radical (unpaired) electrons. The Morgan fingerprint density at radius 2 is 1.70 bits per heavy atom. The van der Waals surface area contributed by atoms with Crippen molar-refractivity contribution in [3.05, 3.63) is 0 Å². The molecule has 2 heteroatoms. The molecule has 2 nitrogen and oxygen atoms in total. The van der Waals surface area contributed by atoms with Gasteiger partial charge in [0.25, 0.3) is 0 Å². The molecule has 4 atom stereocenters. The first-order valence-electron chi connectivity index (χ1n) is 8.91. The van der Waals surface area contributed by atoms with Crippen LogP contribution in [0.2, 0.25) is 0 Å². The summed E-state index contributed by atoms with van der Waals surface area (Å²) in [5.41, 5.74) is 6.74. The molecule has 2 rings (SSSR count). The van der Waals surface area contributed by atoms with Crippen molar-refractivity contribution in [2.75, 3.05) is 6.54 Å². The molecule has 0 spiro atoms. The van der Waals surface area contributed by atoms with E-state index < -0.39 is 0 Å². The van der Waals surface area contributed by atoms with Gasteiger partial charge in [-0.05, 0) is 63.3 Å². The first-order chi connectivity index (χ1) is 9.39. The average molecular weight is 281 g/mol. The standard InChI is InChI=1S/C18H36N2/c1-14(19)17-10-5-6-13-20(17)16-9-7-8-15(11-12-16)18(2,3)4/h14-17H,5-13,19H2,1-4H3. The third kappa shape index (κ3) is 3.98. The number of likely N-dealkylation sites (tertiary alicyclic amines) is 1. The Kier molecular flexibility index (Phi) is 5.53. The van der Waals surface area contributed by atoms with Gasteiger partial charge in [0, 0.05) is 18.1 Å². The zero-order valence-corrected chi connectivity index (χ0v) is 14.2. The Hall–Kier alpha value is -0.0800. The molecule has 4 unspecified atom stereocenters. The van der Waals surface area contributed by atoms with Crippen molar-refractivity contribution in [3.63, 3.8) is 0 Å². The van der Waals surface area contributed by atoms with E-state index in [1.165, 1.54) is 57.9 Å². The van der Waals surface area contributed by atoms with Crippen molar-refractivity contribution in [2.24, 2.45) is 17.1 Å². The number of nitrogens with two attached hydrogens (primary N) is 1. The molecule has 0 bridgehead atoms. The molecule has 0 amide bonds. The monoisotopic (exact) mass is 280 g/mol. The predicted molar refractivity (Wildman–Crippen MR) is 87.8 cm³/mol. The van der Waals surface area contributed by atoms with E-state index in [-0.39, 0.29) is 0 Å². The highest BCUT2D eigenvalue weighted by Crippen LogP contribution is 2.38. The molecular formula is C18H36N2. The van der Waals surface area contributed by atoms with Crippen LogP contribution in [0.5, 0.6) is 0 Å². The van der Waals surface area contributed by atoms with Crippen LogP contribution in [-0.4, -0.2) is 29.6 Å². The summed E-state index contributed by atoms with van der Waals surface area (Å²) in [6.07, 6.45) is 11.1. The van der Waals surface area contributed by atoms with Gasteiger partial charge in [0.15, 0.2) is 0 Å². The third-order valence-corrected chi connectivity index (χ3v) is 5.83. The summed E-state index contributed by atoms with van der Waals surface area (Å²) in [7, 11) is 0. The van der Waals surface area contributed by atoms with E-state index in [1.54, 1.807) is 0 Å². The molecule has 2 N–H and O–H groups in total. The maximum atomic E-state index is 6.26. The Morgan fingerprint density at radius 1 is 0.950 bits per heavy atom. The second-order valence-corrected chi connectivity index (χ2v) is 8.39. The van der Waals surface area contributed by atoms with Crippen LogP contribution in [0.4, 0.5) is 0 Å². The lowest BCUT2D eigenvalue weighted by Crippen LogP contribution is -2.53. The molecule has 1 saturated carbocycles. The van der Waals surface area contributed by atoms with Gasteiger partial charge in [0.1, 0.15) is 0 Å². The van der Waals surface area contributed by atoms with Gasteiger partial charge >= 0.3 is 0 Å². The minimum atomic E-state index is 0.331. The molecule has 0 aromatic heterocycles. The van der Waals surface area contributed by atoms with Crippen LogP contribution < -0.4 is 5.73 Å². The molecule has 0 aromatic carbocycles. The van der Waals surface area contributed by atoms with E-state index >= 15 is 0 Å². The van der Waals surface area contributed by atoms with Crippen molar-refractivity contribution < 1.29 is 0 Å². The Balaban J connectivity index is 1.98. The van der Waals surface area contributed by atoms with Crippen molar-refractivity contribution in [1.82, 2.24) is 4.90 Å². The molecule has 2 fully saturated rings. The van der Waals surface area contributed by atoms with Crippen LogP contribution in [0.25, 0.3) is 0 Å². The lowest BCUT2D eigenvalue weighted by molar-refractivity contribution is 0.0711. The van der Waals surface area contributed by atoms with E-state index in [9.17, 15) is 0 Å². The van der Waals surface area contributed by atoms with Crippen LogP contribution in [-0.2, 0) is 0 Å².